The number of carboxylic acid groups (broad SMARTS) is 3. The zero-order chi connectivity index (χ0) is 11.1. The number of benzene rings is 1. The van der Waals surface area contributed by atoms with Crippen molar-refractivity contribution in [2.24, 2.45) is 0 Å². The van der Waals surface area contributed by atoms with Crippen LogP contribution >= 0.6 is 0 Å². The summed E-state index contributed by atoms with van der Waals surface area (Å²) in [6.45, 7) is 0. The number of phenols is 1. The number of rotatable bonds is 1. The van der Waals surface area contributed by atoms with Gasteiger partial charge in [0, 0.05) is 0 Å². The molecule has 6 nitrogen and oxygen atoms in total. The minimum Gasteiger partial charge on any atom is -1.00 e. The quantitative estimate of drug-likeness (QED) is 0.549. The first-order valence-electron chi connectivity index (χ1n) is 3.38. The molecule has 0 saturated carbocycles. The van der Waals surface area contributed by atoms with Crippen LogP contribution in [0.4, 0.5) is 4.79 Å². The van der Waals surface area contributed by atoms with E-state index in [1.807, 2.05) is 0 Å². The van der Waals surface area contributed by atoms with Crippen molar-refractivity contribution < 1.29 is 32.9 Å². The number of hydrogen-bond acceptors (Lipinski definition) is 3. The minimum atomic E-state index is -1.83. The van der Waals surface area contributed by atoms with E-state index in [9.17, 15) is 4.79 Å². The fraction of sp³-hybridized carbons (Fsp3) is 0. The number of aromatic carboxylic acids is 1. The molecule has 0 unspecified atom stereocenters. The predicted octanol–water partition coefficient (Wildman–Crippen LogP) is 1.16. The topological polar surface area (TPSA) is 115 Å². The molecule has 0 amide bonds. The van der Waals surface area contributed by atoms with E-state index < -0.39 is 12.1 Å². The average Bonchev–Trinajstić information content (AvgIpc) is 2.03. The van der Waals surface area contributed by atoms with Gasteiger partial charge < -0.3 is 23.3 Å². The number of para-hydroxylation sites is 1. The second kappa shape index (κ2) is 8.34. The van der Waals surface area contributed by atoms with E-state index in [1.54, 1.807) is 12.1 Å². The molecule has 0 aliphatic carbocycles. The Morgan fingerprint density at radius 1 is 1.07 bits per heavy atom. The molecule has 1 rings (SSSR count). The van der Waals surface area contributed by atoms with Crippen LogP contribution in [0, 0.1) is 0 Å². The van der Waals surface area contributed by atoms with Crippen molar-refractivity contribution in [3.63, 3.8) is 0 Å². The van der Waals surface area contributed by atoms with Gasteiger partial charge in [-0.2, -0.15) is 0 Å². The fourth-order valence-corrected chi connectivity index (χ4v) is 0.654. The monoisotopic (exact) mass is 242 g/mol. The Balaban J connectivity index is -0.000000108. The normalized spacial score (nSPS) is 7.73. The summed E-state index contributed by atoms with van der Waals surface area (Å²) in [4.78, 5) is 18.8. The molecule has 1 aromatic carbocycles. The average molecular weight is 242 g/mol. The Kier molecular flexibility index (Phi) is 9.14. The van der Waals surface area contributed by atoms with Crippen LogP contribution in [0.5, 0.6) is 5.75 Å². The zero-order valence-electron chi connectivity index (χ0n) is 9.62. The molecule has 0 saturated heterocycles. The van der Waals surface area contributed by atoms with Gasteiger partial charge in [-0.05, 0) is 12.1 Å². The standard InChI is InChI=1S/C7H6O3.CH2O3.Ca.2H/c8-6-4-2-1-3-5(6)7(9)10;2-1(3)4;;;/h1-4,8H,(H,9,10);(H2,2,3,4);;;/q;;+2;2*-1. The molecule has 15 heavy (non-hydrogen) atoms. The van der Waals surface area contributed by atoms with Gasteiger partial charge in [-0.3, -0.25) is 0 Å². The van der Waals surface area contributed by atoms with E-state index in [0.29, 0.717) is 0 Å². The Bertz CT molecular complexity index is 343. The van der Waals surface area contributed by atoms with E-state index in [0.717, 1.165) is 0 Å². The van der Waals surface area contributed by atoms with Crippen molar-refractivity contribution in [3.05, 3.63) is 29.8 Å². The molecule has 1 aromatic rings. The summed E-state index contributed by atoms with van der Waals surface area (Å²) in [5, 5.41) is 31.3. The van der Waals surface area contributed by atoms with Gasteiger partial charge in [0.05, 0.1) is 0 Å². The smallest absolute Gasteiger partial charge is 1.00 e. The molecule has 7 heteroatoms. The molecule has 4 N–H and O–H groups in total. The third kappa shape index (κ3) is 8.04. The van der Waals surface area contributed by atoms with E-state index in [2.05, 4.69) is 0 Å². The fourth-order valence-electron chi connectivity index (χ4n) is 0.654. The van der Waals surface area contributed by atoms with E-state index >= 15 is 0 Å². The largest absolute Gasteiger partial charge is 2.00 e. The second-order valence-corrected chi connectivity index (χ2v) is 2.10. The summed E-state index contributed by atoms with van der Waals surface area (Å²) in [7, 11) is 0. The van der Waals surface area contributed by atoms with Crippen LogP contribution in [0.3, 0.4) is 0 Å². The maximum absolute atomic E-state index is 10.3. The summed E-state index contributed by atoms with van der Waals surface area (Å²) in [6, 6.07) is 5.81. The van der Waals surface area contributed by atoms with Crippen LogP contribution in [-0.2, 0) is 0 Å². The summed E-state index contributed by atoms with van der Waals surface area (Å²) < 4.78 is 0. The van der Waals surface area contributed by atoms with Crippen LogP contribution in [0.25, 0.3) is 0 Å². The first-order valence-corrected chi connectivity index (χ1v) is 3.38. The van der Waals surface area contributed by atoms with E-state index in [4.69, 9.17) is 25.2 Å². The molecular formula is C8H10CaO6. The molecular weight excluding hydrogens is 232 g/mol. The number of hydrogen-bond donors (Lipinski definition) is 4. The minimum absolute atomic E-state index is 0. The van der Waals surface area contributed by atoms with Crippen molar-refractivity contribution in [1.29, 1.82) is 0 Å². The van der Waals surface area contributed by atoms with Gasteiger partial charge in [-0.1, -0.05) is 12.1 Å². The van der Waals surface area contributed by atoms with E-state index in [1.165, 1.54) is 12.1 Å². The SMILES string of the molecule is O=C(O)O.O=C(O)c1ccccc1O.[Ca+2].[H-].[H-]. The van der Waals surface area contributed by atoms with Crippen molar-refractivity contribution >= 4 is 49.9 Å². The maximum atomic E-state index is 10.3. The van der Waals surface area contributed by atoms with Crippen LogP contribution in [-0.4, -0.2) is 70.3 Å². The van der Waals surface area contributed by atoms with Gasteiger partial charge in [0.1, 0.15) is 11.3 Å². The molecule has 0 aromatic heterocycles. The summed E-state index contributed by atoms with van der Waals surface area (Å²) >= 11 is 0. The predicted molar refractivity (Wildman–Crippen MR) is 53.7 cm³/mol. The maximum Gasteiger partial charge on any atom is 2.00 e. The second-order valence-electron chi connectivity index (χ2n) is 2.10. The van der Waals surface area contributed by atoms with Gasteiger partial charge in [-0.15, -0.1) is 0 Å². The van der Waals surface area contributed by atoms with Crippen molar-refractivity contribution in [3.8, 4) is 5.75 Å². The third-order valence-electron chi connectivity index (χ3n) is 1.13. The van der Waals surface area contributed by atoms with Crippen molar-refractivity contribution in [2.75, 3.05) is 0 Å². The Morgan fingerprint density at radius 2 is 1.47 bits per heavy atom. The Hall–Kier alpha value is -0.980. The summed E-state index contributed by atoms with van der Waals surface area (Å²) in [6.07, 6.45) is -1.83. The molecule has 0 radical (unpaired) electrons. The zero-order valence-corrected chi connectivity index (χ0v) is 9.83. The van der Waals surface area contributed by atoms with Crippen LogP contribution < -0.4 is 0 Å². The molecule has 0 aliphatic rings. The molecule has 0 heterocycles. The molecule has 0 spiro atoms. The van der Waals surface area contributed by atoms with Gasteiger partial charge >= 0.3 is 49.9 Å². The van der Waals surface area contributed by atoms with Gasteiger partial charge in [0.25, 0.3) is 0 Å². The number of carbonyl (C=O) groups is 2. The molecule has 80 valence electrons. The molecule has 0 atom stereocenters. The molecule has 0 fully saturated rings. The van der Waals surface area contributed by atoms with Crippen LogP contribution in [0.15, 0.2) is 24.3 Å². The summed E-state index contributed by atoms with van der Waals surface area (Å²) in [5.41, 5.74) is -0.0671. The number of aromatic hydroxyl groups is 1. The van der Waals surface area contributed by atoms with Crippen molar-refractivity contribution in [1.82, 2.24) is 0 Å². The first kappa shape index (κ1) is 16.4. The van der Waals surface area contributed by atoms with Gasteiger partial charge in [-0.25, -0.2) is 9.59 Å². The van der Waals surface area contributed by atoms with Crippen LogP contribution in [0.2, 0.25) is 0 Å². The Labute approximate surface area is 118 Å². The Morgan fingerprint density at radius 3 is 1.73 bits per heavy atom. The van der Waals surface area contributed by atoms with Crippen molar-refractivity contribution in [2.45, 2.75) is 0 Å². The first-order chi connectivity index (χ1) is 6.45. The van der Waals surface area contributed by atoms with E-state index in [-0.39, 0.29) is 51.9 Å². The number of carboxylic acids is 1. The van der Waals surface area contributed by atoms with Gasteiger partial charge in [0.15, 0.2) is 0 Å². The summed E-state index contributed by atoms with van der Waals surface area (Å²) in [5.74, 6) is -1.31. The third-order valence-corrected chi connectivity index (χ3v) is 1.13. The molecule has 0 bridgehead atoms. The van der Waals surface area contributed by atoms with Crippen LogP contribution in [0.1, 0.15) is 13.2 Å². The van der Waals surface area contributed by atoms with Gasteiger partial charge in [0.2, 0.25) is 0 Å². The molecule has 0 aliphatic heterocycles.